The third-order valence-corrected chi connectivity index (χ3v) is 3.66. The SMILES string of the molecule is CC(CC1CC1)NCc1ccc2[nH]ccc2c1. The molecular formula is C15H20N2. The van der Waals surface area contributed by atoms with Crippen LogP contribution >= 0.6 is 0 Å². The maximum absolute atomic E-state index is 3.62. The summed E-state index contributed by atoms with van der Waals surface area (Å²) in [7, 11) is 0. The highest BCUT2D eigenvalue weighted by Gasteiger charge is 2.23. The molecular weight excluding hydrogens is 208 g/mol. The summed E-state index contributed by atoms with van der Waals surface area (Å²) in [6, 6.07) is 9.41. The molecule has 2 aromatic rings. The Morgan fingerprint density at radius 2 is 2.24 bits per heavy atom. The van der Waals surface area contributed by atoms with E-state index in [1.807, 2.05) is 6.20 Å². The predicted octanol–water partition coefficient (Wildman–Crippen LogP) is 3.45. The highest BCUT2D eigenvalue weighted by Crippen LogP contribution is 2.33. The zero-order chi connectivity index (χ0) is 11.7. The smallest absolute Gasteiger partial charge is 0.0454 e. The second-order valence-electron chi connectivity index (χ2n) is 5.36. The molecule has 0 saturated heterocycles. The molecule has 17 heavy (non-hydrogen) atoms. The molecule has 1 aromatic heterocycles. The van der Waals surface area contributed by atoms with E-state index < -0.39 is 0 Å². The molecule has 1 aromatic carbocycles. The number of fused-ring (bicyclic) bond motifs is 1. The van der Waals surface area contributed by atoms with E-state index >= 15 is 0 Å². The molecule has 0 aliphatic heterocycles. The molecule has 1 atom stereocenters. The summed E-state index contributed by atoms with van der Waals surface area (Å²) in [5.41, 5.74) is 2.60. The lowest BCUT2D eigenvalue weighted by molar-refractivity contribution is 0.488. The van der Waals surface area contributed by atoms with Crippen LogP contribution in [0.2, 0.25) is 0 Å². The standard InChI is InChI=1S/C15H20N2/c1-11(8-12-2-3-12)17-10-13-4-5-15-14(9-13)6-7-16-15/h4-7,9,11-12,16-17H,2-3,8,10H2,1H3. The van der Waals surface area contributed by atoms with Gasteiger partial charge in [-0.05, 0) is 48.4 Å². The normalized spacial score (nSPS) is 17.5. The quantitative estimate of drug-likeness (QED) is 0.806. The van der Waals surface area contributed by atoms with Gasteiger partial charge in [0.15, 0.2) is 0 Å². The average Bonchev–Trinajstić information content (AvgIpc) is 3.01. The van der Waals surface area contributed by atoms with Crippen molar-refractivity contribution in [2.45, 2.75) is 38.8 Å². The summed E-state index contributed by atoms with van der Waals surface area (Å²) in [5.74, 6) is 1.00. The van der Waals surface area contributed by atoms with E-state index in [-0.39, 0.29) is 0 Å². The number of rotatable bonds is 5. The Morgan fingerprint density at radius 3 is 3.06 bits per heavy atom. The van der Waals surface area contributed by atoms with Gasteiger partial charge in [0, 0.05) is 24.3 Å². The van der Waals surface area contributed by atoms with Gasteiger partial charge in [-0.3, -0.25) is 0 Å². The minimum absolute atomic E-state index is 0.643. The van der Waals surface area contributed by atoms with Crippen molar-refractivity contribution < 1.29 is 0 Å². The van der Waals surface area contributed by atoms with E-state index in [2.05, 4.69) is 41.5 Å². The van der Waals surface area contributed by atoms with Crippen LogP contribution in [0.5, 0.6) is 0 Å². The number of nitrogens with one attached hydrogen (secondary N) is 2. The largest absolute Gasteiger partial charge is 0.361 e. The van der Waals surface area contributed by atoms with E-state index in [4.69, 9.17) is 0 Å². The van der Waals surface area contributed by atoms with Gasteiger partial charge >= 0.3 is 0 Å². The van der Waals surface area contributed by atoms with Gasteiger partial charge in [0.05, 0.1) is 0 Å². The molecule has 3 rings (SSSR count). The van der Waals surface area contributed by atoms with Crippen LogP contribution in [0.3, 0.4) is 0 Å². The highest BCUT2D eigenvalue weighted by atomic mass is 14.9. The van der Waals surface area contributed by atoms with Gasteiger partial charge in [0.2, 0.25) is 0 Å². The summed E-state index contributed by atoms with van der Waals surface area (Å²) < 4.78 is 0. The van der Waals surface area contributed by atoms with Crippen molar-refractivity contribution in [2.24, 2.45) is 5.92 Å². The zero-order valence-electron chi connectivity index (χ0n) is 10.4. The van der Waals surface area contributed by atoms with Gasteiger partial charge in [-0.25, -0.2) is 0 Å². The first-order valence-electron chi connectivity index (χ1n) is 6.60. The number of hydrogen-bond acceptors (Lipinski definition) is 1. The summed E-state index contributed by atoms with van der Waals surface area (Å²) in [4.78, 5) is 3.23. The van der Waals surface area contributed by atoms with Gasteiger partial charge in [-0.15, -0.1) is 0 Å². The highest BCUT2D eigenvalue weighted by molar-refractivity contribution is 5.79. The van der Waals surface area contributed by atoms with Crippen molar-refractivity contribution in [2.75, 3.05) is 0 Å². The van der Waals surface area contributed by atoms with Crippen LogP contribution < -0.4 is 5.32 Å². The molecule has 0 bridgehead atoms. The van der Waals surface area contributed by atoms with Gasteiger partial charge in [-0.2, -0.15) is 0 Å². The molecule has 2 nitrogen and oxygen atoms in total. The molecule has 1 saturated carbocycles. The lowest BCUT2D eigenvalue weighted by Crippen LogP contribution is -2.25. The van der Waals surface area contributed by atoms with Gasteiger partial charge in [0.1, 0.15) is 0 Å². The maximum atomic E-state index is 3.62. The number of benzene rings is 1. The van der Waals surface area contributed by atoms with Crippen LogP contribution in [0, 0.1) is 5.92 Å². The molecule has 1 aliphatic carbocycles. The van der Waals surface area contributed by atoms with Crippen LogP contribution in [-0.4, -0.2) is 11.0 Å². The van der Waals surface area contributed by atoms with E-state index in [1.165, 1.54) is 35.7 Å². The van der Waals surface area contributed by atoms with E-state index in [1.54, 1.807) is 0 Å². The third-order valence-electron chi connectivity index (χ3n) is 3.66. The number of aromatic amines is 1. The third kappa shape index (κ3) is 2.70. The van der Waals surface area contributed by atoms with Crippen molar-refractivity contribution >= 4 is 10.9 Å². The Morgan fingerprint density at radius 1 is 1.35 bits per heavy atom. The van der Waals surface area contributed by atoms with Crippen molar-refractivity contribution in [1.82, 2.24) is 10.3 Å². The summed E-state index contributed by atoms with van der Waals surface area (Å²) in [5, 5.41) is 4.92. The first-order valence-corrected chi connectivity index (χ1v) is 6.60. The average molecular weight is 228 g/mol. The molecule has 0 amide bonds. The minimum Gasteiger partial charge on any atom is -0.361 e. The van der Waals surface area contributed by atoms with Crippen LogP contribution in [0.4, 0.5) is 0 Å². The van der Waals surface area contributed by atoms with Gasteiger partial charge in [-0.1, -0.05) is 18.9 Å². The molecule has 1 aliphatic rings. The zero-order valence-corrected chi connectivity index (χ0v) is 10.4. The lowest BCUT2D eigenvalue weighted by atomic mass is 10.1. The Balaban J connectivity index is 1.59. The molecule has 1 unspecified atom stereocenters. The molecule has 2 heteroatoms. The molecule has 0 radical (unpaired) electrons. The second-order valence-corrected chi connectivity index (χ2v) is 5.36. The number of aromatic nitrogens is 1. The fourth-order valence-electron chi connectivity index (χ4n) is 2.44. The molecule has 0 spiro atoms. The van der Waals surface area contributed by atoms with Crippen molar-refractivity contribution in [1.29, 1.82) is 0 Å². The first kappa shape index (κ1) is 10.8. The van der Waals surface area contributed by atoms with E-state index in [0.29, 0.717) is 6.04 Å². The Hall–Kier alpha value is -1.28. The Labute approximate surface area is 102 Å². The maximum Gasteiger partial charge on any atom is 0.0454 e. The summed E-state index contributed by atoms with van der Waals surface area (Å²) in [6.45, 7) is 3.28. The second kappa shape index (κ2) is 4.53. The molecule has 1 heterocycles. The van der Waals surface area contributed by atoms with Crippen molar-refractivity contribution in [3.63, 3.8) is 0 Å². The molecule has 90 valence electrons. The first-order chi connectivity index (χ1) is 8.31. The monoisotopic (exact) mass is 228 g/mol. The summed E-state index contributed by atoms with van der Waals surface area (Å²) in [6.07, 6.45) is 6.23. The van der Waals surface area contributed by atoms with Crippen LogP contribution in [0.15, 0.2) is 30.5 Å². The number of hydrogen-bond donors (Lipinski definition) is 2. The minimum atomic E-state index is 0.643. The van der Waals surface area contributed by atoms with E-state index in [0.717, 1.165) is 12.5 Å². The summed E-state index contributed by atoms with van der Waals surface area (Å²) >= 11 is 0. The predicted molar refractivity (Wildman–Crippen MR) is 71.9 cm³/mol. The van der Waals surface area contributed by atoms with Crippen molar-refractivity contribution in [3.8, 4) is 0 Å². The van der Waals surface area contributed by atoms with E-state index in [9.17, 15) is 0 Å². The Kier molecular flexibility index (Phi) is 2.89. The lowest BCUT2D eigenvalue weighted by Gasteiger charge is -2.13. The number of H-pyrrole nitrogens is 1. The van der Waals surface area contributed by atoms with Crippen LogP contribution in [0.25, 0.3) is 10.9 Å². The Bertz CT molecular complexity index is 496. The fraction of sp³-hybridized carbons (Fsp3) is 0.467. The van der Waals surface area contributed by atoms with Crippen molar-refractivity contribution in [3.05, 3.63) is 36.0 Å². The topological polar surface area (TPSA) is 27.8 Å². The molecule has 1 fully saturated rings. The van der Waals surface area contributed by atoms with Gasteiger partial charge < -0.3 is 10.3 Å². The molecule has 2 N–H and O–H groups in total. The fourth-order valence-corrected chi connectivity index (χ4v) is 2.44. The van der Waals surface area contributed by atoms with Crippen LogP contribution in [0.1, 0.15) is 31.7 Å². The van der Waals surface area contributed by atoms with Crippen LogP contribution in [-0.2, 0) is 6.54 Å². The van der Waals surface area contributed by atoms with Gasteiger partial charge in [0.25, 0.3) is 0 Å².